The zero-order valence-electron chi connectivity index (χ0n) is 11.4. The SMILES string of the molecule is CN(C(=O)C1CC1)C1CCN(Cc2cncs2)CC1. The van der Waals surface area contributed by atoms with Crippen LogP contribution in [0.5, 0.6) is 0 Å². The minimum atomic E-state index is 0.347. The van der Waals surface area contributed by atoms with Crippen molar-refractivity contribution >= 4 is 17.2 Å². The van der Waals surface area contributed by atoms with Gasteiger partial charge in [0.2, 0.25) is 5.91 Å². The number of nitrogens with zero attached hydrogens (tertiary/aromatic N) is 3. The van der Waals surface area contributed by atoms with Gasteiger partial charge in [0.15, 0.2) is 0 Å². The number of carbonyl (C=O) groups is 1. The highest BCUT2D eigenvalue weighted by atomic mass is 32.1. The lowest BCUT2D eigenvalue weighted by atomic mass is 10.0. The fraction of sp³-hybridized carbons (Fsp3) is 0.714. The summed E-state index contributed by atoms with van der Waals surface area (Å²) < 4.78 is 0. The molecule has 0 radical (unpaired) electrons. The van der Waals surface area contributed by atoms with Crippen molar-refractivity contribution < 1.29 is 4.79 Å². The van der Waals surface area contributed by atoms with Crippen LogP contribution < -0.4 is 0 Å². The molecule has 1 aliphatic heterocycles. The minimum Gasteiger partial charge on any atom is -0.342 e. The van der Waals surface area contributed by atoms with Gasteiger partial charge in [0.1, 0.15) is 0 Å². The number of thiazole rings is 1. The number of piperidine rings is 1. The second-order valence-electron chi connectivity index (χ2n) is 5.70. The molecule has 1 aromatic rings. The molecule has 1 saturated heterocycles. The molecule has 4 nitrogen and oxygen atoms in total. The van der Waals surface area contributed by atoms with Crippen molar-refractivity contribution in [2.24, 2.45) is 5.92 Å². The van der Waals surface area contributed by atoms with Gasteiger partial charge >= 0.3 is 0 Å². The van der Waals surface area contributed by atoms with Crippen LogP contribution in [0.3, 0.4) is 0 Å². The van der Waals surface area contributed by atoms with Crippen LogP contribution in [0, 0.1) is 5.92 Å². The number of carbonyl (C=O) groups excluding carboxylic acids is 1. The number of hydrogen-bond donors (Lipinski definition) is 0. The normalized spacial score (nSPS) is 21.5. The van der Waals surface area contributed by atoms with E-state index in [-0.39, 0.29) is 0 Å². The Bertz CT molecular complexity index is 422. The first kappa shape index (κ1) is 13.1. The van der Waals surface area contributed by atoms with Gasteiger partial charge in [0.25, 0.3) is 0 Å². The smallest absolute Gasteiger partial charge is 0.225 e. The van der Waals surface area contributed by atoms with E-state index >= 15 is 0 Å². The predicted octanol–water partition coefficient (Wildman–Crippen LogP) is 1.98. The van der Waals surface area contributed by atoms with Crippen molar-refractivity contribution in [2.45, 2.75) is 38.3 Å². The third-order valence-electron chi connectivity index (χ3n) is 4.24. The first-order valence-electron chi connectivity index (χ1n) is 7.10. The zero-order chi connectivity index (χ0) is 13.2. The number of hydrogen-bond acceptors (Lipinski definition) is 4. The lowest BCUT2D eigenvalue weighted by Crippen LogP contribution is -2.45. The van der Waals surface area contributed by atoms with E-state index in [0.29, 0.717) is 17.9 Å². The van der Waals surface area contributed by atoms with Crippen molar-refractivity contribution in [1.29, 1.82) is 0 Å². The maximum Gasteiger partial charge on any atom is 0.225 e. The number of aromatic nitrogens is 1. The Kier molecular flexibility index (Phi) is 3.84. The van der Waals surface area contributed by atoms with E-state index < -0.39 is 0 Å². The Balaban J connectivity index is 1.47. The number of likely N-dealkylation sites (tertiary alicyclic amines) is 1. The van der Waals surface area contributed by atoms with Gasteiger partial charge in [-0.15, -0.1) is 11.3 Å². The fourth-order valence-electron chi connectivity index (χ4n) is 2.80. The topological polar surface area (TPSA) is 36.4 Å². The molecule has 3 rings (SSSR count). The molecule has 0 bridgehead atoms. The average molecular weight is 279 g/mol. The molecule has 2 heterocycles. The summed E-state index contributed by atoms with van der Waals surface area (Å²) in [6.45, 7) is 3.19. The fourth-order valence-corrected chi connectivity index (χ4v) is 3.44. The quantitative estimate of drug-likeness (QED) is 0.845. The molecule has 0 atom stereocenters. The van der Waals surface area contributed by atoms with E-state index in [1.807, 2.05) is 23.7 Å². The Morgan fingerprint density at radius 2 is 2.16 bits per heavy atom. The molecular weight excluding hydrogens is 258 g/mol. The third kappa shape index (κ3) is 3.15. The Labute approximate surface area is 118 Å². The molecule has 1 aromatic heterocycles. The van der Waals surface area contributed by atoms with E-state index in [0.717, 1.165) is 45.3 Å². The van der Waals surface area contributed by atoms with E-state index in [1.165, 1.54) is 4.88 Å². The summed E-state index contributed by atoms with van der Waals surface area (Å²) in [5.41, 5.74) is 1.89. The molecular formula is C14H21N3OS. The van der Waals surface area contributed by atoms with Gasteiger partial charge in [-0.25, -0.2) is 0 Å². The maximum absolute atomic E-state index is 12.0. The largest absolute Gasteiger partial charge is 0.342 e. The molecule has 19 heavy (non-hydrogen) atoms. The van der Waals surface area contributed by atoms with Crippen molar-refractivity contribution in [1.82, 2.24) is 14.8 Å². The van der Waals surface area contributed by atoms with Crippen LogP contribution in [0.25, 0.3) is 0 Å². The average Bonchev–Trinajstić information content (AvgIpc) is 3.17. The second kappa shape index (κ2) is 5.59. The van der Waals surface area contributed by atoms with Crippen molar-refractivity contribution in [3.05, 3.63) is 16.6 Å². The Morgan fingerprint density at radius 1 is 1.42 bits per heavy atom. The molecule has 0 spiro atoms. The van der Waals surface area contributed by atoms with Crippen LogP contribution in [-0.4, -0.2) is 46.9 Å². The monoisotopic (exact) mass is 279 g/mol. The molecule has 5 heteroatoms. The van der Waals surface area contributed by atoms with Crippen molar-refractivity contribution in [3.8, 4) is 0 Å². The first-order valence-corrected chi connectivity index (χ1v) is 7.98. The molecule has 0 N–H and O–H groups in total. The summed E-state index contributed by atoms with van der Waals surface area (Å²) >= 11 is 1.72. The van der Waals surface area contributed by atoms with Gasteiger partial charge in [0.05, 0.1) is 5.51 Å². The zero-order valence-corrected chi connectivity index (χ0v) is 12.2. The number of amides is 1. The lowest BCUT2D eigenvalue weighted by Gasteiger charge is -2.36. The van der Waals surface area contributed by atoms with Crippen LogP contribution in [0.4, 0.5) is 0 Å². The highest BCUT2D eigenvalue weighted by Gasteiger charge is 2.35. The van der Waals surface area contributed by atoms with Gasteiger partial charge in [-0.05, 0) is 25.7 Å². The number of rotatable bonds is 4. The third-order valence-corrected chi connectivity index (χ3v) is 5.01. The highest BCUT2D eigenvalue weighted by molar-refractivity contribution is 7.09. The second-order valence-corrected chi connectivity index (χ2v) is 6.67. The summed E-state index contributed by atoms with van der Waals surface area (Å²) in [5.74, 6) is 0.723. The highest BCUT2D eigenvalue weighted by Crippen LogP contribution is 2.32. The van der Waals surface area contributed by atoms with E-state index in [1.54, 1.807) is 11.3 Å². The van der Waals surface area contributed by atoms with E-state index in [4.69, 9.17) is 0 Å². The van der Waals surface area contributed by atoms with Crippen LogP contribution in [0.1, 0.15) is 30.6 Å². The predicted molar refractivity (Wildman–Crippen MR) is 75.9 cm³/mol. The lowest BCUT2D eigenvalue weighted by molar-refractivity contribution is -0.134. The van der Waals surface area contributed by atoms with Gasteiger partial charge in [-0.2, -0.15) is 0 Å². The molecule has 2 fully saturated rings. The summed E-state index contributed by atoms with van der Waals surface area (Å²) in [7, 11) is 1.99. The molecule has 1 saturated carbocycles. The first-order chi connectivity index (χ1) is 9.24. The summed E-state index contributed by atoms with van der Waals surface area (Å²) in [6.07, 6.45) is 6.38. The standard InChI is InChI=1S/C14H21N3OS/c1-16(14(18)11-2-3-11)12-4-6-17(7-5-12)9-13-8-15-10-19-13/h8,10-12H,2-7,9H2,1H3. The molecule has 0 unspecified atom stereocenters. The van der Waals surface area contributed by atoms with Crippen molar-refractivity contribution in [3.63, 3.8) is 0 Å². The summed E-state index contributed by atoms with van der Waals surface area (Å²) in [6, 6.07) is 0.450. The molecule has 0 aromatic carbocycles. The van der Waals surface area contributed by atoms with Gasteiger partial charge in [-0.3, -0.25) is 14.7 Å². The molecule has 1 aliphatic carbocycles. The summed E-state index contributed by atoms with van der Waals surface area (Å²) in [5, 5.41) is 0. The van der Waals surface area contributed by atoms with Crippen LogP contribution in [0.2, 0.25) is 0 Å². The van der Waals surface area contributed by atoms with Crippen LogP contribution >= 0.6 is 11.3 Å². The van der Waals surface area contributed by atoms with E-state index in [2.05, 4.69) is 9.88 Å². The van der Waals surface area contributed by atoms with Gasteiger partial charge < -0.3 is 4.90 Å². The Morgan fingerprint density at radius 3 is 2.74 bits per heavy atom. The van der Waals surface area contributed by atoms with Crippen LogP contribution in [-0.2, 0) is 11.3 Å². The molecule has 2 aliphatic rings. The maximum atomic E-state index is 12.0. The van der Waals surface area contributed by atoms with Crippen molar-refractivity contribution in [2.75, 3.05) is 20.1 Å². The minimum absolute atomic E-state index is 0.347. The Hall–Kier alpha value is -0.940. The molecule has 104 valence electrons. The summed E-state index contributed by atoms with van der Waals surface area (Å²) in [4.78, 5) is 22.0. The van der Waals surface area contributed by atoms with Gasteiger partial charge in [-0.1, -0.05) is 0 Å². The molecule has 1 amide bonds. The van der Waals surface area contributed by atoms with Crippen LogP contribution in [0.15, 0.2) is 11.7 Å². The van der Waals surface area contributed by atoms with E-state index in [9.17, 15) is 4.79 Å². The van der Waals surface area contributed by atoms with Gasteiger partial charge in [0, 0.05) is 49.7 Å².